The minimum absolute atomic E-state index is 0.222. The van der Waals surface area contributed by atoms with Gasteiger partial charge in [0.05, 0.1) is 18.2 Å². The third kappa shape index (κ3) is 1.25. The molecule has 0 unspecified atom stereocenters. The van der Waals surface area contributed by atoms with Crippen LogP contribution >= 0.6 is 0 Å². The van der Waals surface area contributed by atoms with Gasteiger partial charge in [-0.3, -0.25) is 0 Å². The van der Waals surface area contributed by atoms with Crippen LogP contribution in [0.15, 0.2) is 36.8 Å². The zero-order chi connectivity index (χ0) is 10.3. The Hall–Kier alpha value is -2.30. The fourth-order valence-electron chi connectivity index (χ4n) is 1.49. The van der Waals surface area contributed by atoms with Gasteiger partial charge >= 0.3 is 0 Å². The summed E-state index contributed by atoms with van der Waals surface area (Å²) in [6.07, 6.45) is 3.43. The number of imidazole rings is 1. The van der Waals surface area contributed by atoms with E-state index in [1.807, 2.05) is 12.3 Å². The van der Waals surface area contributed by atoms with Crippen molar-refractivity contribution in [2.45, 2.75) is 0 Å². The molecule has 0 spiro atoms. The lowest BCUT2D eigenvalue weighted by molar-refractivity contribution is 0.475. The molecule has 3 aromatic rings. The summed E-state index contributed by atoms with van der Waals surface area (Å²) < 4.78 is 1.67. The number of benzene rings is 1. The van der Waals surface area contributed by atoms with E-state index in [0.29, 0.717) is 5.65 Å². The molecule has 0 aliphatic rings. The average molecular weight is 200 g/mol. The number of nitrogens with zero attached hydrogens (tertiary/aromatic N) is 3. The van der Waals surface area contributed by atoms with E-state index in [9.17, 15) is 5.11 Å². The highest BCUT2D eigenvalue weighted by Gasteiger charge is 2.04. The van der Waals surface area contributed by atoms with Crippen molar-refractivity contribution in [3.05, 3.63) is 36.8 Å². The number of aromatic hydroxyl groups is 1. The summed E-state index contributed by atoms with van der Waals surface area (Å²) in [6.45, 7) is 0. The quantitative estimate of drug-likeness (QED) is 0.624. The van der Waals surface area contributed by atoms with E-state index in [2.05, 4.69) is 15.1 Å². The number of nitrogens with one attached hydrogen (secondary N) is 1. The number of hydrogen-bond donors (Lipinski definition) is 2. The van der Waals surface area contributed by atoms with Crippen LogP contribution in [-0.2, 0) is 0 Å². The van der Waals surface area contributed by atoms with E-state index in [1.165, 1.54) is 0 Å². The maximum atomic E-state index is 9.34. The molecule has 1 aromatic carbocycles. The number of aromatic nitrogens is 4. The summed E-state index contributed by atoms with van der Waals surface area (Å²) in [6, 6.07) is 6.91. The number of phenolic OH excluding ortho intramolecular Hbond substituents is 1. The number of aromatic amines is 1. The predicted octanol–water partition coefficient (Wildman–Crippen LogP) is 1.45. The summed E-state index contributed by atoms with van der Waals surface area (Å²) in [5.41, 5.74) is 2.35. The molecule has 15 heavy (non-hydrogen) atoms. The zero-order valence-corrected chi connectivity index (χ0v) is 7.75. The third-order valence-electron chi connectivity index (χ3n) is 2.20. The largest absolute Gasteiger partial charge is 0.508 e. The maximum Gasteiger partial charge on any atom is 0.199 e. The highest BCUT2D eigenvalue weighted by molar-refractivity contribution is 5.69. The molecule has 2 N–H and O–H groups in total. The first-order valence-electron chi connectivity index (χ1n) is 4.51. The van der Waals surface area contributed by atoms with E-state index >= 15 is 0 Å². The SMILES string of the molecule is Oc1cccc(-n2cc3[nH]cnc3n2)c1. The van der Waals surface area contributed by atoms with Gasteiger partial charge in [0, 0.05) is 6.07 Å². The van der Waals surface area contributed by atoms with Crippen molar-refractivity contribution < 1.29 is 5.11 Å². The molecule has 0 aliphatic heterocycles. The number of rotatable bonds is 1. The number of phenols is 1. The average Bonchev–Trinajstić information content (AvgIpc) is 2.76. The Kier molecular flexibility index (Phi) is 1.53. The van der Waals surface area contributed by atoms with Crippen molar-refractivity contribution in [3.8, 4) is 11.4 Å². The highest BCUT2D eigenvalue weighted by Crippen LogP contribution is 2.16. The zero-order valence-electron chi connectivity index (χ0n) is 7.75. The van der Waals surface area contributed by atoms with Crippen LogP contribution in [0.2, 0.25) is 0 Å². The molecule has 74 valence electrons. The lowest BCUT2D eigenvalue weighted by Crippen LogP contribution is -1.93. The highest BCUT2D eigenvalue weighted by atomic mass is 16.3. The fraction of sp³-hybridized carbons (Fsp3) is 0. The third-order valence-corrected chi connectivity index (χ3v) is 2.20. The Bertz CT molecular complexity index is 582. The van der Waals surface area contributed by atoms with Crippen LogP contribution in [0, 0.1) is 0 Å². The van der Waals surface area contributed by atoms with Gasteiger partial charge < -0.3 is 10.1 Å². The minimum Gasteiger partial charge on any atom is -0.508 e. The molecule has 2 heterocycles. The Morgan fingerprint density at radius 2 is 2.27 bits per heavy atom. The van der Waals surface area contributed by atoms with E-state index in [0.717, 1.165) is 11.2 Å². The summed E-state index contributed by atoms with van der Waals surface area (Å²) >= 11 is 0. The van der Waals surface area contributed by atoms with Crippen LogP contribution in [0.25, 0.3) is 16.9 Å². The minimum atomic E-state index is 0.222. The molecule has 0 saturated carbocycles. The lowest BCUT2D eigenvalue weighted by Gasteiger charge is -2.00. The van der Waals surface area contributed by atoms with Gasteiger partial charge in [-0.15, -0.1) is 5.10 Å². The van der Waals surface area contributed by atoms with Crippen molar-refractivity contribution in [3.63, 3.8) is 0 Å². The smallest absolute Gasteiger partial charge is 0.199 e. The van der Waals surface area contributed by atoms with Gasteiger partial charge in [-0.2, -0.15) is 0 Å². The van der Waals surface area contributed by atoms with Crippen LogP contribution in [0.1, 0.15) is 0 Å². The number of H-pyrrole nitrogens is 1. The summed E-state index contributed by atoms with van der Waals surface area (Å²) in [4.78, 5) is 7.00. The van der Waals surface area contributed by atoms with E-state index < -0.39 is 0 Å². The Morgan fingerprint density at radius 1 is 1.33 bits per heavy atom. The van der Waals surface area contributed by atoms with Gasteiger partial charge in [-0.05, 0) is 12.1 Å². The van der Waals surface area contributed by atoms with Crippen LogP contribution in [0.4, 0.5) is 0 Å². The normalized spacial score (nSPS) is 10.9. The van der Waals surface area contributed by atoms with Gasteiger partial charge in [0.1, 0.15) is 11.3 Å². The topological polar surface area (TPSA) is 66.7 Å². The Labute approximate surface area is 85.0 Å². The summed E-state index contributed by atoms with van der Waals surface area (Å²) in [5, 5.41) is 13.6. The van der Waals surface area contributed by atoms with Gasteiger partial charge in [-0.25, -0.2) is 9.67 Å². The number of fused-ring (bicyclic) bond motifs is 1. The molecular formula is C10H8N4O. The first-order valence-corrected chi connectivity index (χ1v) is 4.51. The molecule has 0 bridgehead atoms. The molecular weight excluding hydrogens is 192 g/mol. The molecule has 0 saturated heterocycles. The van der Waals surface area contributed by atoms with Crippen LogP contribution in [0.5, 0.6) is 5.75 Å². The van der Waals surface area contributed by atoms with Crippen LogP contribution < -0.4 is 0 Å². The van der Waals surface area contributed by atoms with Crippen LogP contribution in [0.3, 0.4) is 0 Å². The van der Waals surface area contributed by atoms with Crippen molar-refractivity contribution in [1.82, 2.24) is 19.7 Å². The second-order valence-corrected chi connectivity index (χ2v) is 3.23. The molecule has 0 fully saturated rings. The fourth-order valence-corrected chi connectivity index (χ4v) is 1.49. The first-order chi connectivity index (χ1) is 7.33. The van der Waals surface area contributed by atoms with Crippen molar-refractivity contribution in [1.29, 1.82) is 0 Å². The second kappa shape index (κ2) is 2.84. The standard InChI is InChI=1S/C10H8N4O/c15-8-3-1-2-7(4-8)14-5-9-10(13-14)12-6-11-9/h1-6,15H,(H,11,12,13). The summed E-state index contributed by atoms with van der Waals surface area (Å²) in [7, 11) is 0. The molecule has 2 aromatic heterocycles. The van der Waals surface area contributed by atoms with Gasteiger partial charge in [0.15, 0.2) is 5.65 Å². The Balaban J connectivity index is 2.17. The predicted molar refractivity (Wildman–Crippen MR) is 54.9 cm³/mol. The molecule has 0 amide bonds. The Morgan fingerprint density at radius 3 is 3.07 bits per heavy atom. The maximum absolute atomic E-state index is 9.34. The molecule has 0 aliphatic carbocycles. The summed E-state index contributed by atoms with van der Waals surface area (Å²) in [5.74, 6) is 0.222. The van der Waals surface area contributed by atoms with Gasteiger partial charge in [0.2, 0.25) is 0 Å². The molecule has 0 atom stereocenters. The van der Waals surface area contributed by atoms with Crippen molar-refractivity contribution >= 4 is 11.2 Å². The van der Waals surface area contributed by atoms with E-state index in [1.54, 1.807) is 29.2 Å². The molecule has 5 heteroatoms. The molecule has 0 radical (unpaired) electrons. The second-order valence-electron chi connectivity index (χ2n) is 3.23. The van der Waals surface area contributed by atoms with Gasteiger partial charge in [0.25, 0.3) is 0 Å². The monoisotopic (exact) mass is 200 g/mol. The van der Waals surface area contributed by atoms with Crippen molar-refractivity contribution in [2.24, 2.45) is 0 Å². The molecule has 5 nitrogen and oxygen atoms in total. The van der Waals surface area contributed by atoms with E-state index in [-0.39, 0.29) is 5.75 Å². The first kappa shape index (κ1) is 8.05. The lowest BCUT2D eigenvalue weighted by atomic mass is 10.3. The van der Waals surface area contributed by atoms with E-state index in [4.69, 9.17) is 0 Å². The van der Waals surface area contributed by atoms with Crippen LogP contribution in [-0.4, -0.2) is 24.9 Å². The van der Waals surface area contributed by atoms with Gasteiger partial charge in [-0.1, -0.05) is 6.07 Å². The van der Waals surface area contributed by atoms with Crippen molar-refractivity contribution in [2.75, 3.05) is 0 Å². The number of hydrogen-bond acceptors (Lipinski definition) is 3. The molecule has 3 rings (SSSR count).